The summed E-state index contributed by atoms with van der Waals surface area (Å²) < 4.78 is 0. The molecule has 2 amide bonds. The minimum absolute atomic E-state index is 0.0731. The van der Waals surface area contributed by atoms with Gasteiger partial charge < -0.3 is 10.6 Å². The third-order valence-corrected chi connectivity index (χ3v) is 2.86. The number of benzene rings is 1. The first-order valence-electron chi connectivity index (χ1n) is 6.80. The van der Waals surface area contributed by atoms with E-state index in [1.807, 2.05) is 45.9 Å². The molecule has 0 aliphatic rings. The molecular formula is C15H20N4O2. The normalized spacial score (nSPS) is 11.4. The number of aryl methyl sites for hydroxylation is 1. The van der Waals surface area contributed by atoms with E-state index >= 15 is 0 Å². The van der Waals surface area contributed by atoms with E-state index in [0.717, 1.165) is 16.5 Å². The Morgan fingerprint density at radius 1 is 1.29 bits per heavy atom. The lowest BCUT2D eigenvalue weighted by molar-refractivity contribution is -0.121. The van der Waals surface area contributed by atoms with Gasteiger partial charge in [-0.15, -0.1) is 0 Å². The molecule has 2 aromatic rings. The summed E-state index contributed by atoms with van der Waals surface area (Å²) in [6, 6.07) is 5.71. The molecule has 1 aromatic carbocycles. The maximum Gasteiger partial charge on any atom is 0.272 e. The summed E-state index contributed by atoms with van der Waals surface area (Å²) in [5, 5.41) is 13.0. The number of nitrogens with one attached hydrogen (secondary N) is 3. The molecule has 3 N–H and O–H groups in total. The summed E-state index contributed by atoms with van der Waals surface area (Å²) in [6.07, 6.45) is 0. The van der Waals surface area contributed by atoms with Crippen LogP contribution in [0.1, 0.15) is 36.8 Å². The zero-order chi connectivity index (χ0) is 15.6. The maximum absolute atomic E-state index is 12.1. The maximum atomic E-state index is 12.1. The minimum atomic E-state index is -0.365. The Morgan fingerprint density at radius 2 is 2.00 bits per heavy atom. The average molecular weight is 288 g/mol. The Labute approximate surface area is 123 Å². The van der Waals surface area contributed by atoms with Crippen molar-refractivity contribution in [2.75, 3.05) is 6.54 Å². The smallest absolute Gasteiger partial charge is 0.272 e. The van der Waals surface area contributed by atoms with Crippen LogP contribution in [0.25, 0.3) is 10.9 Å². The van der Waals surface area contributed by atoms with E-state index in [1.165, 1.54) is 0 Å². The molecule has 0 spiro atoms. The average Bonchev–Trinajstić information content (AvgIpc) is 2.76. The van der Waals surface area contributed by atoms with Crippen LogP contribution in [0.2, 0.25) is 0 Å². The van der Waals surface area contributed by atoms with Crippen LogP contribution in [-0.2, 0) is 4.79 Å². The Kier molecular flexibility index (Phi) is 3.97. The zero-order valence-corrected chi connectivity index (χ0v) is 12.7. The molecule has 0 fully saturated rings. The lowest BCUT2D eigenvalue weighted by Crippen LogP contribution is -2.45. The second-order valence-electron chi connectivity index (χ2n) is 6.10. The van der Waals surface area contributed by atoms with Gasteiger partial charge in [-0.25, -0.2) is 0 Å². The van der Waals surface area contributed by atoms with Gasteiger partial charge in [0.25, 0.3) is 5.91 Å². The van der Waals surface area contributed by atoms with Gasteiger partial charge in [0.1, 0.15) is 0 Å². The van der Waals surface area contributed by atoms with Crippen LogP contribution >= 0.6 is 0 Å². The second kappa shape index (κ2) is 5.55. The molecule has 0 aliphatic heterocycles. The molecule has 6 nitrogen and oxygen atoms in total. The van der Waals surface area contributed by atoms with Gasteiger partial charge in [0, 0.05) is 10.9 Å². The van der Waals surface area contributed by atoms with Gasteiger partial charge in [-0.1, -0.05) is 11.6 Å². The van der Waals surface area contributed by atoms with Crippen LogP contribution < -0.4 is 10.6 Å². The van der Waals surface area contributed by atoms with E-state index < -0.39 is 0 Å². The van der Waals surface area contributed by atoms with Crippen LogP contribution in [-0.4, -0.2) is 34.1 Å². The highest BCUT2D eigenvalue weighted by Crippen LogP contribution is 2.17. The molecule has 0 atom stereocenters. The number of hydrogen-bond acceptors (Lipinski definition) is 3. The standard InChI is InChI=1S/C15H20N4O2/c1-9-5-6-11-10(7-9)13(19-18-11)14(21)16-8-12(20)17-15(2,3)4/h5-7H,8H2,1-4H3,(H,16,21)(H,17,20)(H,18,19). The van der Waals surface area contributed by atoms with E-state index in [2.05, 4.69) is 20.8 Å². The highest BCUT2D eigenvalue weighted by atomic mass is 16.2. The van der Waals surface area contributed by atoms with Crippen molar-refractivity contribution >= 4 is 22.7 Å². The number of rotatable bonds is 3. The van der Waals surface area contributed by atoms with Crippen molar-refractivity contribution in [3.8, 4) is 0 Å². The van der Waals surface area contributed by atoms with Crippen molar-refractivity contribution in [1.29, 1.82) is 0 Å². The fourth-order valence-electron chi connectivity index (χ4n) is 2.01. The number of nitrogens with zero attached hydrogens (tertiary/aromatic N) is 1. The van der Waals surface area contributed by atoms with Gasteiger partial charge in [-0.05, 0) is 39.8 Å². The summed E-state index contributed by atoms with van der Waals surface area (Å²) in [7, 11) is 0. The van der Waals surface area contributed by atoms with Gasteiger partial charge in [-0.3, -0.25) is 14.7 Å². The fraction of sp³-hybridized carbons (Fsp3) is 0.400. The van der Waals surface area contributed by atoms with Gasteiger partial charge in [0.2, 0.25) is 5.91 Å². The van der Waals surface area contributed by atoms with Crippen LogP contribution in [0.5, 0.6) is 0 Å². The molecule has 21 heavy (non-hydrogen) atoms. The summed E-state index contributed by atoms with van der Waals surface area (Å²) in [4.78, 5) is 23.8. The Hall–Kier alpha value is -2.37. The molecule has 1 heterocycles. The molecule has 0 unspecified atom stereocenters. The van der Waals surface area contributed by atoms with Gasteiger partial charge in [0.15, 0.2) is 5.69 Å². The van der Waals surface area contributed by atoms with E-state index in [9.17, 15) is 9.59 Å². The number of H-pyrrole nitrogens is 1. The Morgan fingerprint density at radius 3 is 2.67 bits per heavy atom. The lowest BCUT2D eigenvalue weighted by Gasteiger charge is -2.20. The summed E-state index contributed by atoms with van der Waals surface area (Å²) in [5.41, 5.74) is 1.82. The molecule has 6 heteroatoms. The Balaban J connectivity index is 2.06. The zero-order valence-electron chi connectivity index (χ0n) is 12.7. The first kappa shape index (κ1) is 15.0. The van der Waals surface area contributed by atoms with Crippen LogP contribution in [0, 0.1) is 6.92 Å². The van der Waals surface area contributed by atoms with Crippen molar-refractivity contribution in [3.63, 3.8) is 0 Å². The summed E-state index contributed by atoms with van der Waals surface area (Å²) in [5.74, 6) is -0.595. The Bertz CT molecular complexity index is 683. The first-order chi connectivity index (χ1) is 9.76. The quantitative estimate of drug-likeness (QED) is 0.800. The molecule has 1 aromatic heterocycles. The molecule has 0 radical (unpaired) electrons. The van der Waals surface area contributed by atoms with Crippen molar-refractivity contribution in [2.24, 2.45) is 0 Å². The summed E-state index contributed by atoms with van der Waals surface area (Å²) in [6.45, 7) is 7.53. The number of hydrogen-bond donors (Lipinski definition) is 3. The number of aromatic nitrogens is 2. The number of fused-ring (bicyclic) bond motifs is 1. The van der Waals surface area contributed by atoms with Crippen LogP contribution in [0.3, 0.4) is 0 Å². The van der Waals surface area contributed by atoms with E-state index in [-0.39, 0.29) is 23.9 Å². The molecule has 0 bridgehead atoms. The second-order valence-corrected chi connectivity index (χ2v) is 6.10. The van der Waals surface area contributed by atoms with Crippen LogP contribution in [0.15, 0.2) is 18.2 Å². The van der Waals surface area contributed by atoms with E-state index in [0.29, 0.717) is 5.69 Å². The topological polar surface area (TPSA) is 86.9 Å². The van der Waals surface area contributed by atoms with Gasteiger partial charge in [-0.2, -0.15) is 5.10 Å². The van der Waals surface area contributed by atoms with Crippen LogP contribution in [0.4, 0.5) is 0 Å². The fourth-order valence-corrected chi connectivity index (χ4v) is 2.01. The largest absolute Gasteiger partial charge is 0.350 e. The molecule has 112 valence electrons. The predicted molar refractivity (Wildman–Crippen MR) is 81.1 cm³/mol. The third kappa shape index (κ3) is 3.81. The van der Waals surface area contributed by atoms with Gasteiger partial charge >= 0.3 is 0 Å². The van der Waals surface area contributed by atoms with Crippen molar-refractivity contribution in [2.45, 2.75) is 33.2 Å². The molecule has 0 saturated carbocycles. The monoisotopic (exact) mass is 288 g/mol. The molecule has 0 aliphatic carbocycles. The van der Waals surface area contributed by atoms with Crippen molar-refractivity contribution in [1.82, 2.24) is 20.8 Å². The highest BCUT2D eigenvalue weighted by molar-refractivity contribution is 6.05. The van der Waals surface area contributed by atoms with Crippen molar-refractivity contribution in [3.05, 3.63) is 29.5 Å². The number of amides is 2. The first-order valence-corrected chi connectivity index (χ1v) is 6.80. The van der Waals surface area contributed by atoms with E-state index in [1.54, 1.807) is 0 Å². The van der Waals surface area contributed by atoms with Crippen molar-refractivity contribution < 1.29 is 9.59 Å². The lowest BCUT2D eigenvalue weighted by atomic mass is 10.1. The molecule has 2 rings (SSSR count). The number of aromatic amines is 1. The predicted octanol–water partition coefficient (Wildman–Crippen LogP) is 1.52. The minimum Gasteiger partial charge on any atom is -0.350 e. The molecular weight excluding hydrogens is 268 g/mol. The van der Waals surface area contributed by atoms with Gasteiger partial charge in [0.05, 0.1) is 12.1 Å². The third-order valence-electron chi connectivity index (χ3n) is 2.86. The van der Waals surface area contributed by atoms with E-state index in [4.69, 9.17) is 0 Å². The highest BCUT2D eigenvalue weighted by Gasteiger charge is 2.17. The number of carbonyl (C=O) groups excluding carboxylic acids is 2. The number of carbonyl (C=O) groups is 2. The summed E-state index contributed by atoms with van der Waals surface area (Å²) >= 11 is 0. The SMILES string of the molecule is Cc1ccc2[nH]nc(C(=O)NCC(=O)NC(C)(C)C)c2c1. The molecule has 0 saturated heterocycles.